The number of benzene rings is 2. The van der Waals surface area contributed by atoms with Gasteiger partial charge in [-0.2, -0.15) is 10.2 Å². The second kappa shape index (κ2) is 6.47. The first-order valence-corrected chi connectivity index (χ1v) is 6.30. The molecule has 106 valence electrons. The Morgan fingerprint density at radius 3 is 2.38 bits per heavy atom. The standard InChI is InChI=1S/C16H15N3O2/c1-3-16(20)21-15-9-8-14(10-11(15)2)19-18-13-6-4-12(17)5-7-13/h3-10H,1,17H2,2H3. The average molecular weight is 281 g/mol. The average Bonchev–Trinajstić information content (AvgIpc) is 2.49. The fourth-order valence-electron chi connectivity index (χ4n) is 1.62. The summed E-state index contributed by atoms with van der Waals surface area (Å²) in [5.74, 6) is -0.0133. The van der Waals surface area contributed by atoms with Crippen LogP contribution in [0.2, 0.25) is 0 Å². The van der Waals surface area contributed by atoms with E-state index >= 15 is 0 Å². The summed E-state index contributed by atoms with van der Waals surface area (Å²) in [6, 6.07) is 12.3. The van der Waals surface area contributed by atoms with Crippen molar-refractivity contribution in [3.8, 4) is 5.75 Å². The number of azo groups is 1. The van der Waals surface area contributed by atoms with Crippen LogP contribution < -0.4 is 10.5 Å². The van der Waals surface area contributed by atoms with Crippen LogP contribution in [0.3, 0.4) is 0 Å². The molecule has 0 bridgehead atoms. The van der Waals surface area contributed by atoms with Crippen molar-refractivity contribution in [1.82, 2.24) is 0 Å². The molecule has 0 aliphatic rings. The van der Waals surface area contributed by atoms with Gasteiger partial charge in [-0.1, -0.05) is 6.58 Å². The van der Waals surface area contributed by atoms with Gasteiger partial charge < -0.3 is 10.5 Å². The molecule has 0 aliphatic carbocycles. The fraction of sp³-hybridized carbons (Fsp3) is 0.0625. The van der Waals surface area contributed by atoms with Gasteiger partial charge in [0, 0.05) is 11.8 Å². The number of nitrogens with two attached hydrogens (primary N) is 1. The summed E-state index contributed by atoms with van der Waals surface area (Å²) in [5.41, 5.74) is 8.45. The van der Waals surface area contributed by atoms with Gasteiger partial charge in [-0.3, -0.25) is 0 Å². The van der Waals surface area contributed by atoms with E-state index in [0.29, 0.717) is 22.8 Å². The van der Waals surface area contributed by atoms with Crippen LogP contribution in [0.4, 0.5) is 17.1 Å². The highest BCUT2D eigenvalue weighted by Crippen LogP contribution is 2.25. The first-order chi connectivity index (χ1) is 10.1. The highest BCUT2D eigenvalue weighted by Gasteiger charge is 2.04. The van der Waals surface area contributed by atoms with Gasteiger partial charge in [0.25, 0.3) is 0 Å². The van der Waals surface area contributed by atoms with E-state index in [1.165, 1.54) is 0 Å². The summed E-state index contributed by atoms with van der Waals surface area (Å²) in [6.45, 7) is 5.18. The number of aryl methyl sites for hydroxylation is 1. The van der Waals surface area contributed by atoms with Crippen molar-refractivity contribution in [2.45, 2.75) is 6.92 Å². The van der Waals surface area contributed by atoms with E-state index in [9.17, 15) is 4.79 Å². The number of carbonyl (C=O) groups is 1. The molecule has 5 heteroatoms. The minimum atomic E-state index is -0.491. The number of nitrogens with zero attached hydrogens (tertiary/aromatic N) is 2. The second-order valence-corrected chi connectivity index (χ2v) is 4.37. The first-order valence-electron chi connectivity index (χ1n) is 6.30. The maximum atomic E-state index is 11.2. The Hall–Kier alpha value is -2.95. The molecular formula is C16H15N3O2. The summed E-state index contributed by atoms with van der Waals surface area (Å²) in [4.78, 5) is 11.2. The minimum absolute atomic E-state index is 0.478. The smallest absolute Gasteiger partial charge is 0.335 e. The first kappa shape index (κ1) is 14.5. The maximum absolute atomic E-state index is 11.2. The largest absolute Gasteiger partial charge is 0.423 e. The molecule has 0 atom stereocenters. The van der Waals surface area contributed by atoms with Crippen molar-refractivity contribution in [3.05, 3.63) is 60.7 Å². The predicted molar refractivity (Wildman–Crippen MR) is 82.0 cm³/mol. The van der Waals surface area contributed by atoms with Gasteiger partial charge in [-0.15, -0.1) is 0 Å². The zero-order valence-corrected chi connectivity index (χ0v) is 11.6. The molecule has 2 rings (SSSR count). The molecule has 0 amide bonds. The number of rotatable bonds is 4. The Labute approximate surface area is 122 Å². The molecule has 0 heterocycles. The van der Waals surface area contributed by atoms with E-state index in [1.807, 2.05) is 6.92 Å². The number of anilines is 1. The van der Waals surface area contributed by atoms with Gasteiger partial charge in [0.2, 0.25) is 0 Å². The van der Waals surface area contributed by atoms with Gasteiger partial charge in [-0.05, 0) is 55.0 Å². The van der Waals surface area contributed by atoms with E-state index in [2.05, 4.69) is 16.8 Å². The van der Waals surface area contributed by atoms with E-state index in [-0.39, 0.29) is 0 Å². The van der Waals surface area contributed by atoms with Crippen LogP contribution in [0.15, 0.2) is 65.3 Å². The molecule has 21 heavy (non-hydrogen) atoms. The predicted octanol–water partition coefficient (Wildman–Crippen LogP) is 4.08. The molecule has 0 spiro atoms. The van der Waals surface area contributed by atoms with E-state index in [0.717, 1.165) is 11.6 Å². The monoisotopic (exact) mass is 281 g/mol. The Kier molecular flexibility index (Phi) is 4.46. The van der Waals surface area contributed by atoms with Crippen LogP contribution in [0.5, 0.6) is 5.75 Å². The molecule has 0 unspecified atom stereocenters. The fourth-order valence-corrected chi connectivity index (χ4v) is 1.62. The molecule has 0 saturated heterocycles. The summed E-state index contributed by atoms with van der Waals surface area (Å²) < 4.78 is 5.08. The van der Waals surface area contributed by atoms with E-state index < -0.39 is 5.97 Å². The summed E-state index contributed by atoms with van der Waals surface area (Å²) >= 11 is 0. The molecule has 0 fully saturated rings. The molecule has 0 radical (unpaired) electrons. The molecule has 2 aromatic rings. The Balaban J connectivity index is 2.14. The van der Waals surface area contributed by atoms with Crippen molar-refractivity contribution in [3.63, 3.8) is 0 Å². The molecule has 0 aromatic heterocycles. The van der Waals surface area contributed by atoms with Gasteiger partial charge in [0.1, 0.15) is 5.75 Å². The Morgan fingerprint density at radius 2 is 1.76 bits per heavy atom. The SMILES string of the molecule is C=CC(=O)Oc1ccc(N=Nc2ccc(N)cc2)cc1C. The normalized spacial score (nSPS) is 10.5. The van der Waals surface area contributed by atoms with Crippen LogP contribution in [0, 0.1) is 6.92 Å². The van der Waals surface area contributed by atoms with Crippen molar-refractivity contribution < 1.29 is 9.53 Å². The Bertz CT molecular complexity index is 691. The van der Waals surface area contributed by atoms with Crippen molar-refractivity contribution in [2.24, 2.45) is 10.2 Å². The molecule has 0 aliphatic heterocycles. The molecule has 0 saturated carbocycles. The lowest BCUT2D eigenvalue weighted by molar-refractivity contribution is -0.129. The number of ether oxygens (including phenoxy) is 1. The molecule has 2 N–H and O–H groups in total. The maximum Gasteiger partial charge on any atom is 0.335 e. The third-order valence-corrected chi connectivity index (χ3v) is 2.71. The van der Waals surface area contributed by atoms with Crippen LogP contribution >= 0.6 is 0 Å². The van der Waals surface area contributed by atoms with Crippen LogP contribution in [0.25, 0.3) is 0 Å². The highest BCUT2D eigenvalue weighted by atomic mass is 16.5. The number of carbonyl (C=O) groups excluding carboxylic acids is 1. The van der Waals surface area contributed by atoms with Gasteiger partial charge >= 0.3 is 5.97 Å². The number of nitrogen functional groups attached to an aromatic ring is 1. The number of esters is 1. The number of hydrogen-bond donors (Lipinski definition) is 1. The van der Waals surface area contributed by atoms with Crippen molar-refractivity contribution in [1.29, 1.82) is 0 Å². The lowest BCUT2D eigenvalue weighted by Gasteiger charge is -2.05. The quantitative estimate of drug-likeness (QED) is 0.301. The van der Waals surface area contributed by atoms with Crippen molar-refractivity contribution >= 4 is 23.0 Å². The molecular weight excluding hydrogens is 266 g/mol. The molecule has 5 nitrogen and oxygen atoms in total. The zero-order valence-electron chi connectivity index (χ0n) is 11.6. The van der Waals surface area contributed by atoms with Crippen LogP contribution in [-0.4, -0.2) is 5.97 Å². The lowest BCUT2D eigenvalue weighted by Crippen LogP contribution is -2.03. The minimum Gasteiger partial charge on any atom is -0.423 e. The van der Waals surface area contributed by atoms with Gasteiger partial charge in [0.15, 0.2) is 0 Å². The van der Waals surface area contributed by atoms with E-state index in [4.69, 9.17) is 10.5 Å². The Morgan fingerprint density at radius 1 is 1.14 bits per heavy atom. The summed E-state index contributed by atoms with van der Waals surface area (Å²) in [6.07, 6.45) is 1.12. The van der Waals surface area contributed by atoms with Crippen molar-refractivity contribution in [2.75, 3.05) is 5.73 Å². The topological polar surface area (TPSA) is 77.0 Å². The number of hydrogen-bond acceptors (Lipinski definition) is 5. The zero-order chi connectivity index (χ0) is 15.2. The van der Waals surface area contributed by atoms with Crippen LogP contribution in [0.1, 0.15) is 5.56 Å². The highest BCUT2D eigenvalue weighted by molar-refractivity contribution is 5.83. The van der Waals surface area contributed by atoms with E-state index in [1.54, 1.807) is 42.5 Å². The second-order valence-electron chi connectivity index (χ2n) is 4.37. The summed E-state index contributed by atoms with van der Waals surface area (Å²) in [5, 5.41) is 8.24. The van der Waals surface area contributed by atoms with Gasteiger partial charge in [0.05, 0.1) is 11.4 Å². The van der Waals surface area contributed by atoms with Crippen LogP contribution in [-0.2, 0) is 4.79 Å². The lowest BCUT2D eigenvalue weighted by atomic mass is 10.2. The summed E-state index contributed by atoms with van der Waals surface area (Å²) in [7, 11) is 0. The third-order valence-electron chi connectivity index (χ3n) is 2.71. The third kappa shape index (κ3) is 4.01. The van der Waals surface area contributed by atoms with Gasteiger partial charge in [-0.25, -0.2) is 4.79 Å². The molecule has 2 aromatic carbocycles.